The Hall–Kier alpha value is -3.06. The Kier molecular flexibility index (Phi) is 18.0. The standard InChI is InChI=1S/C45H68O4Si3/c1-10-11-12-16-19-38(2)48-43-28-24-40(25-29-43)21-20-39-22-26-41(27-23-39)45(46)49-44-32-30-42(31-33-44)47-34-17-14-13-15-18-35-51(6,7)37-52(8,9)36-50(3,4)5/h22-33,38H,10-19,34-37H2,1-9H3/t38-/m0/s1. The first-order valence-electron chi connectivity index (χ1n) is 20.0. The molecule has 0 fully saturated rings. The molecule has 0 heterocycles. The van der Waals surface area contributed by atoms with Crippen molar-refractivity contribution in [2.24, 2.45) is 0 Å². The second-order valence-electron chi connectivity index (χ2n) is 17.6. The fourth-order valence-electron chi connectivity index (χ4n) is 7.68. The number of ether oxygens (including phenoxy) is 3. The molecule has 0 unspecified atom stereocenters. The molecule has 0 radical (unpaired) electrons. The highest BCUT2D eigenvalue weighted by atomic mass is 28.4. The molecule has 52 heavy (non-hydrogen) atoms. The van der Waals surface area contributed by atoms with E-state index in [1.807, 2.05) is 48.5 Å². The molecule has 4 nitrogen and oxygen atoms in total. The molecule has 0 saturated heterocycles. The van der Waals surface area contributed by atoms with Crippen LogP contribution in [0.2, 0.25) is 63.2 Å². The number of hydrogen-bond acceptors (Lipinski definition) is 4. The number of rotatable bonds is 22. The minimum absolute atomic E-state index is 0.208. The largest absolute Gasteiger partial charge is 0.494 e. The molecule has 3 aromatic carbocycles. The summed E-state index contributed by atoms with van der Waals surface area (Å²) >= 11 is 0. The maximum Gasteiger partial charge on any atom is 0.343 e. The van der Waals surface area contributed by atoms with Crippen LogP contribution in [0.5, 0.6) is 17.2 Å². The Morgan fingerprint density at radius 3 is 1.77 bits per heavy atom. The van der Waals surface area contributed by atoms with Gasteiger partial charge in [0, 0.05) is 35.3 Å². The molecule has 3 rings (SSSR count). The monoisotopic (exact) mass is 756 g/mol. The Morgan fingerprint density at radius 2 is 1.15 bits per heavy atom. The lowest BCUT2D eigenvalue weighted by Gasteiger charge is -2.36. The third-order valence-corrected chi connectivity index (χ3v) is 26.8. The number of carbonyl (C=O) groups is 1. The van der Waals surface area contributed by atoms with E-state index in [1.54, 1.807) is 35.6 Å². The average molecular weight is 757 g/mol. The molecule has 284 valence electrons. The fraction of sp³-hybridized carbons (Fsp3) is 0.533. The third kappa shape index (κ3) is 18.1. The molecule has 0 aliphatic carbocycles. The predicted molar refractivity (Wildman–Crippen MR) is 230 cm³/mol. The summed E-state index contributed by atoms with van der Waals surface area (Å²) < 4.78 is 17.6. The zero-order chi connectivity index (χ0) is 38.0. The molecule has 0 aliphatic rings. The van der Waals surface area contributed by atoms with Crippen LogP contribution in [0.1, 0.15) is 99.5 Å². The quantitative estimate of drug-likeness (QED) is 0.0337. The molecule has 7 heteroatoms. The molecule has 0 bridgehead atoms. The Morgan fingerprint density at radius 1 is 0.615 bits per heavy atom. The van der Waals surface area contributed by atoms with Crippen molar-refractivity contribution >= 4 is 30.2 Å². The molecule has 0 amide bonds. The number of esters is 1. The Bertz CT molecular complexity index is 1530. The number of benzene rings is 3. The predicted octanol–water partition coefficient (Wildman–Crippen LogP) is 13.2. The highest BCUT2D eigenvalue weighted by molar-refractivity contribution is 7.02. The summed E-state index contributed by atoms with van der Waals surface area (Å²) in [4.78, 5) is 12.8. The van der Waals surface area contributed by atoms with Gasteiger partial charge in [-0.1, -0.05) is 127 Å². The van der Waals surface area contributed by atoms with Crippen molar-refractivity contribution < 1.29 is 19.0 Å². The van der Waals surface area contributed by atoms with Crippen LogP contribution in [0.15, 0.2) is 72.8 Å². The lowest BCUT2D eigenvalue weighted by atomic mass is 10.1. The van der Waals surface area contributed by atoms with E-state index in [2.05, 4.69) is 71.5 Å². The summed E-state index contributed by atoms with van der Waals surface area (Å²) in [7, 11) is -3.13. The number of unbranched alkanes of at least 4 members (excludes halogenated alkanes) is 7. The van der Waals surface area contributed by atoms with Crippen molar-refractivity contribution in [3.8, 4) is 29.1 Å². The first kappa shape index (κ1) is 43.3. The molecule has 3 aromatic rings. The molecule has 0 saturated carbocycles. The van der Waals surface area contributed by atoms with Crippen molar-refractivity contribution in [2.75, 3.05) is 6.61 Å². The van der Waals surface area contributed by atoms with E-state index in [-0.39, 0.29) is 6.10 Å². The highest BCUT2D eigenvalue weighted by Crippen LogP contribution is 2.31. The fourth-order valence-corrected chi connectivity index (χ4v) is 33.1. The van der Waals surface area contributed by atoms with Crippen LogP contribution in [0.3, 0.4) is 0 Å². The minimum atomic E-state index is -1.10. The van der Waals surface area contributed by atoms with E-state index in [4.69, 9.17) is 14.2 Å². The zero-order valence-electron chi connectivity index (χ0n) is 34.0. The molecule has 0 spiro atoms. The van der Waals surface area contributed by atoms with Crippen molar-refractivity contribution in [1.82, 2.24) is 0 Å². The average Bonchev–Trinajstić information content (AvgIpc) is 3.07. The van der Waals surface area contributed by atoms with Crippen LogP contribution in [0.25, 0.3) is 0 Å². The van der Waals surface area contributed by atoms with Gasteiger partial charge in [0.25, 0.3) is 0 Å². The topological polar surface area (TPSA) is 44.8 Å². The summed E-state index contributed by atoms with van der Waals surface area (Å²) in [5, 5.41) is 0. The van der Waals surface area contributed by atoms with Crippen LogP contribution in [0, 0.1) is 11.8 Å². The SMILES string of the molecule is CCCCCC[C@H](C)Oc1ccc(C#Cc2ccc(C(=O)Oc3ccc(OCCCCCCC[Si](C)(C)C[Si](C)(C)C[Si](C)(C)C)cc3)cc2)cc1. The summed E-state index contributed by atoms with van der Waals surface area (Å²) in [6.07, 6.45) is 12.6. The Balaban J connectivity index is 1.32. The smallest absolute Gasteiger partial charge is 0.343 e. The van der Waals surface area contributed by atoms with Crippen LogP contribution in [-0.4, -0.2) is 42.9 Å². The molecule has 1 atom stereocenters. The first-order valence-corrected chi connectivity index (χ1v) is 30.5. The van der Waals surface area contributed by atoms with Crippen LogP contribution < -0.4 is 14.2 Å². The molecular formula is C45H68O4Si3. The van der Waals surface area contributed by atoms with Gasteiger partial charge in [0.1, 0.15) is 17.2 Å². The molecular weight excluding hydrogens is 689 g/mol. The van der Waals surface area contributed by atoms with Crippen LogP contribution in [-0.2, 0) is 0 Å². The molecule has 0 aromatic heterocycles. The summed E-state index contributed by atoms with van der Waals surface area (Å²) in [6, 6.07) is 23.9. The summed E-state index contributed by atoms with van der Waals surface area (Å²) in [6.45, 7) is 23.3. The highest BCUT2D eigenvalue weighted by Gasteiger charge is 2.34. The van der Waals surface area contributed by atoms with E-state index in [1.165, 1.54) is 57.4 Å². The molecule has 0 aliphatic heterocycles. The van der Waals surface area contributed by atoms with Gasteiger partial charge in [0.05, 0.1) is 18.3 Å². The summed E-state index contributed by atoms with van der Waals surface area (Å²) in [5.74, 6) is 8.16. The Labute approximate surface area is 320 Å². The van der Waals surface area contributed by atoms with Gasteiger partial charge in [-0.15, -0.1) is 0 Å². The van der Waals surface area contributed by atoms with Gasteiger partial charge in [-0.3, -0.25) is 0 Å². The lowest BCUT2D eigenvalue weighted by Crippen LogP contribution is -2.44. The maximum absolute atomic E-state index is 12.8. The van der Waals surface area contributed by atoms with Gasteiger partial charge in [-0.25, -0.2) is 4.79 Å². The first-order chi connectivity index (χ1) is 24.6. The van der Waals surface area contributed by atoms with Crippen LogP contribution in [0.4, 0.5) is 0 Å². The van der Waals surface area contributed by atoms with E-state index >= 15 is 0 Å². The van der Waals surface area contributed by atoms with Gasteiger partial charge in [-0.05, 0) is 99.0 Å². The van der Waals surface area contributed by atoms with Gasteiger partial charge >= 0.3 is 5.97 Å². The number of carbonyl (C=O) groups excluding carboxylic acids is 1. The van der Waals surface area contributed by atoms with Crippen molar-refractivity contribution in [1.29, 1.82) is 0 Å². The van der Waals surface area contributed by atoms with Gasteiger partial charge < -0.3 is 14.2 Å². The lowest BCUT2D eigenvalue weighted by molar-refractivity contribution is 0.0734. The van der Waals surface area contributed by atoms with E-state index < -0.39 is 30.2 Å². The van der Waals surface area contributed by atoms with Gasteiger partial charge in [-0.2, -0.15) is 0 Å². The van der Waals surface area contributed by atoms with E-state index in [0.29, 0.717) is 17.9 Å². The van der Waals surface area contributed by atoms with Crippen LogP contribution >= 0.6 is 0 Å². The number of hydrogen-bond donors (Lipinski definition) is 0. The van der Waals surface area contributed by atoms with Gasteiger partial charge in [0.2, 0.25) is 0 Å². The van der Waals surface area contributed by atoms with Crippen molar-refractivity contribution in [2.45, 2.75) is 147 Å². The third-order valence-electron chi connectivity index (χ3n) is 9.39. The van der Waals surface area contributed by atoms with E-state index in [0.717, 1.165) is 35.5 Å². The van der Waals surface area contributed by atoms with Crippen molar-refractivity contribution in [3.05, 3.63) is 89.5 Å². The summed E-state index contributed by atoms with van der Waals surface area (Å²) in [5.41, 5.74) is 5.39. The van der Waals surface area contributed by atoms with E-state index in [9.17, 15) is 4.79 Å². The maximum atomic E-state index is 12.8. The second-order valence-corrected chi connectivity index (χ2v) is 34.7. The van der Waals surface area contributed by atoms with Gasteiger partial charge in [0.15, 0.2) is 0 Å². The minimum Gasteiger partial charge on any atom is -0.494 e. The molecule has 0 N–H and O–H groups in total. The van der Waals surface area contributed by atoms with Crippen molar-refractivity contribution in [3.63, 3.8) is 0 Å². The second kappa shape index (κ2) is 21.6. The zero-order valence-corrected chi connectivity index (χ0v) is 37.0. The normalized spacial score (nSPS) is 12.5.